The largest absolute Gasteiger partial charge is 0.456 e. The maximum atomic E-state index is 6.26. The van der Waals surface area contributed by atoms with Gasteiger partial charge in [-0.15, -0.1) is 0 Å². The van der Waals surface area contributed by atoms with Crippen LogP contribution in [0.1, 0.15) is 33.4 Å². The van der Waals surface area contributed by atoms with Gasteiger partial charge in [-0.25, -0.2) is 0 Å². The topological polar surface area (TPSA) is 32.8 Å². The van der Waals surface area contributed by atoms with E-state index in [4.69, 9.17) is 8.83 Å². The van der Waals surface area contributed by atoms with Crippen molar-refractivity contribution < 1.29 is 8.83 Å². The van der Waals surface area contributed by atoms with Crippen LogP contribution in [0, 0.1) is 41.5 Å². The number of benzene rings is 10. The number of aryl methyl sites for hydroxylation is 6. The number of anilines is 6. The highest BCUT2D eigenvalue weighted by atomic mass is 16.3. The molecule has 4 nitrogen and oxygen atoms in total. The summed E-state index contributed by atoms with van der Waals surface area (Å²) in [7, 11) is 0. The number of rotatable bonds is 9. The monoisotopic (exact) mass is 904 g/mol. The minimum Gasteiger partial charge on any atom is -0.456 e. The van der Waals surface area contributed by atoms with E-state index in [1.165, 1.54) is 44.5 Å². The van der Waals surface area contributed by atoms with Crippen LogP contribution in [0.5, 0.6) is 0 Å². The van der Waals surface area contributed by atoms with E-state index in [-0.39, 0.29) is 0 Å². The van der Waals surface area contributed by atoms with Crippen molar-refractivity contribution in [2.24, 2.45) is 0 Å². The van der Waals surface area contributed by atoms with Gasteiger partial charge in [0.2, 0.25) is 0 Å². The van der Waals surface area contributed by atoms with Crippen molar-refractivity contribution in [1.82, 2.24) is 0 Å². The third kappa shape index (κ3) is 7.41. The first kappa shape index (κ1) is 42.7. The molecule has 0 fully saturated rings. The Morgan fingerprint density at radius 3 is 1.09 bits per heavy atom. The summed E-state index contributed by atoms with van der Waals surface area (Å²) in [6.07, 6.45) is 0. The van der Waals surface area contributed by atoms with Gasteiger partial charge in [0.1, 0.15) is 22.3 Å². The number of nitrogens with zero attached hydrogens (tertiary/aromatic N) is 2. The fourth-order valence-electron chi connectivity index (χ4n) is 10.5. The minimum absolute atomic E-state index is 0.893. The zero-order chi connectivity index (χ0) is 47.6. The maximum Gasteiger partial charge on any atom is 0.135 e. The molecular formula is C66H52N2O2. The molecule has 10 aromatic carbocycles. The molecule has 338 valence electrons. The predicted molar refractivity (Wildman–Crippen MR) is 295 cm³/mol. The molecule has 0 N–H and O–H groups in total. The van der Waals surface area contributed by atoms with E-state index in [0.717, 1.165) is 100 Å². The summed E-state index contributed by atoms with van der Waals surface area (Å²) in [5.41, 5.74) is 24.5. The molecule has 0 spiro atoms. The Hall–Kier alpha value is -8.60. The van der Waals surface area contributed by atoms with Crippen molar-refractivity contribution in [2.45, 2.75) is 41.5 Å². The third-order valence-corrected chi connectivity index (χ3v) is 14.1. The first-order valence-electron chi connectivity index (χ1n) is 24.1. The summed E-state index contributed by atoms with van der Waals surface area (Å²) in [5.74, 6) is 0. The van der Waals surface area contributed by atoms with E-state index in [9.17, 15) is 0 Å². The Bertz CT molecular complexity index is 3710. The molecular weight excluding hydrogens is 853 g/mol. The molecule has 4 heteroatoms. The molecule has 0 radical (unpaired) electrons. The van der Waals surface area contributed by atoms with E-state index >= 15 is 0 Å². The molecule has 0 aliphatic rings. The van der Waals surface area contributed by atoms with Gasteiger partial charge in [-0.1, -0.05) is 132 Å². The van der Waals surface area contributed by atoms with Crippen molar-refractivity contribution in [3.05, 3.63) is 240 Å². The van der Waals surface area contributed by atoms with Crippen LogP contribution < -0.4 is 9.80 Å². The van der Waals surface area contributed by atoms with E-state index in [1.54, 1.807) is 0 Å². The maximum absolute atomic E-state index is 6.26. The second-order valence-electron chi connectivity index (χ2n) is 18.9. The molecule has 0 atom stereocenters. The van der Waals surface area contributed by atoms with Gasteiger partial charge in [0.25, 0.3) is 0 Å². The molecule has 12 rings (SSSR count). The van der Waals surface area contributed by atoms with Crippen LogP contribution in [0.3, 0.4) is 0 Å². The summed E-state index contributed by atoms with van der Waals surface area (Å²) in [6, 6.07) is 74.7. The minimum atomic E-state index is 0.893. The van der Waals surface area contributed by atoms with Crippen LogP contribution >= 0.6 is 0 Å². The van der Waals surface area contributed by atoms with Gasteiger partial charge < -0.3 is 18.6 Å². The number of hydrogen-bond acceptors (Lipinski definition) is 4. The summed E-state index contributed by atoms with van der Waals surface area (Å²) in [5, 5.41) is 4.48. The van der Waals surface area contributed by atoms with Crippen LogP contribution in [0.15, 0.2) is 215 Å². The summed E-state index contributed by atoms with van der Waals surface area (Å²) >= 11 is 0. The molecule has 12 aromatic rings. The van der Waals surface area contributed by atoms with Crippen molar-refractivity contribution >= 4 is 78.0 Å². The molecule has 0 bridgehead atoms. The van der Waals surface area contributed by atoms with E-state index in [2.05, 4.69) is 233 Å². The van der Waals surface area contributed by atoms with Crippen molar-refractivity contribution in [1.29, 1.82) is 0 Å². The molecule has 70 heavy (non-hydrogen) atoms. The first-order chi connectivity index (χ1) is 34.2. The molecule has 0 amide bonds. The molecule has 2 heterocycles. The van der Waals surface area contributed by atoms with Gasteiger partial charge in [0, 0.05) is 55.4 Å². The highest BCUT2D eigenvalue weighted by Gasteiger charge is 2.24. The lowest BCUT2D eigenvalue weighted by Crippen LogP contribution is -2.14. The van der Waals surface area contributed by atoms with Crippen LogP contribution in [0.4, 0.5) is 34.1 Å². The summed E-state index contributed by atoms with van der Waals surface area (Å²) in [6.45, 7) is 13.2. The Balaban J connectivity index is 0.954. The molecule has 0 unspecified atom stereocenters. The van der Waals surface area contributed by atoms with E-state index in [1.807, 2.05) is 24.3 Å². The van der Waals surface area contributed by atoms with Crippen molar-refractivity contribution in [3.8, 4) is 33.4 Å². The van der Waals surface area contributed by atoms with Gasteiger partial charge in [0.05, 0.1) is 11.4 Å². The normalized spacial score (nSPS) is 11.6. The lowest BCUT2D eigenvalue weighted by atomic mass is 9.95. The fourth-order valence-corrected chi connectivity index (χ4v) is 10.5. The van der Waals surface area contributed by atoms with Gasteiger partial charge in [-0.3, -0.25) is 0 Å². The quantitative estimate of drug-likeness (QED) is 0.144. The van der Waals surface area contributed by atoms with Crippen LogP contribution in [0.2, 0.25) is 0 Å². The van der Waals surface area contributed by atoms with Crippen LogP contribution in [-0.4, -0.2) is 0 Å². The Morgan fingerprint density at radius 1 is 0.286 bits per heavy atom. The highest BCUT2D eigenvalue weighted by molar-refractivity contribution is 6.08. The standard InChI is InChI=1S/C66H52N2O2/c1-41-21-29-51(30-22-41)67(65-43(3)13-11-17-53(65)49-27-35-63-57(39-49)55-15-7-9-19-61(55)69-63)59-33-25-47(37-45(59)5)48-26-34-60(46(6)38-48)68(52-31-23-42(2)24-32-52)66-44(4)14-12-18-54(66)50-28-36-64-58(40-50)56-16-8-10-20-62(56)70-64/h7-40H,1-6H3. The molecule has 0 saturated carbocycles. The number of para-hydroxylation sites is 4. The number of hydrogen-bond donors (Lipinski definition) is 0. The lowest BCUT2D eigenvalue weighted by molar-refractivity contribution is 0.668. The SMILES string of the molecule is Cc1ccc(N(c2ccc(-c3ccc(N(c4ccc(C)cc4)c4c(C)cccc4-c4ccc5oc6ccccc6c5c4)c(C)c3)cc2C)c2c(C)cccc2-c2ccc3oc4ccccc4c3c2)cc1. The predicted octanol–water partition coefficient (Wildman–Crippen LogP) is 19.3. The zero-order valence-corrected chi connectivity index (χ0v) is 40.3. The van der Waals surface area contributed by atoms with E-state index in [0.29, 0.717) is 0 Å². The second-order valence-corrected chi connectivity index (χ2v) is 18.9. The van der Waals surface area contributed by atoms with Crippen LogP contribution in [-0.2, 0) is 0 Å². The molecule has 2 aromatic heterocycles. The van der Waals surface area contributed by atoms with E-state index < -0.39 is 0 Å². The lowest BCUT2D eigenvalue weighted by Gasteiger charge is -2.31. The molecule has 0 aliphatic heterocycles. The zero-order valence-electron chi connectivity index (χ0n) is 40.3. The highest BCUT2D eigenvalue weighted by Crippen LogP contribution is 2.48. The Kier molecular flexibility index (Phi) is 10.5. The smallest absolute Gasteiger partial charge is 0.135 e. The third-order valence-electron chi connectivity index (χ3n) is 14.1. The van der Waals surface area contributed by atoms with Gasteiger partial charge in [-0.2, -0.15) is 0 Å². The Labute approximate surface area is 409 Å². The number of fused-ring (bicyclic) bond motifs is 6. The average molecular weight is 905 g/mol. The molecule has 0 saturated heterocycles. The van der Waals surface area contributed by atoms with Crippen LogP contribution in [0.25, 0.3) is 77.3 Å². The van der Waals surface area contributed by atoms with Crippen molar-refractivity contribution in [3.63, 3.8) is 0 Å². The molecule has 0 aliphatic carbocycles. The van der Waals surface area contributed by atoms with Crippen molar-refractivity contribution in [2.75, 3.05) is 9.80 Å². The second kappa shape index (κ2) is 17.2. The average Bonchev–Trinajstić information content (AvgIpc) is 3.94. The number of furan rings is 2. The fraction of sp³-hybridized carbons (Fsp3) is 0.0909. The van der Waals surface area contributed by atoms with Gasteiger partial charge >= 0.3 is 0 Å². The van der Waals surface area contributed by atoms with Gasteiger partial charge in [0.15, 0.2) is 0 Å². The van der Waals surface area contributed by atoms with Gasteiger partial charge in [-0.05, 0) is 171 Å². The summed E-state index contributed by atoms with van der Waals surface area (Å²) < 4.78 is 12.5. The Morgan fingerprint density at radius 2 is 0.671 bits per heavy atom. The summed E-state index contributed by atoms with van der Waals surface area (Å²) in [4.78, 5) is 4.89. The first-order valence-corrected chi connectivity index (χ1v) is 24.1.